The van der Waals surface area contributed by atoms with Crippen molar-refractivity contribution in [3.63, 3.8) is 0 Å². The standard InChI is InChI=1S/C18H15N3O2S/c1-11-7-9-13(10-8-11)16(22)14-5-3-4-6-15(14)17(23)19-18-21-20-12(2)24-18/h3-10H,1-2H3,(H,19,21,23). The lowest BCUT2D eigenvalue weighted by Crippen LogP contribution is -2.16. The first-order chi connectivity index (χ1) is 11.5. The van der Waals surface area contributed by atoms with E-state index in [2.05, 4.69) is 15.5 Å². The van der Waals surface area contributed by atoms with E-state index in [0.29, 0.717) is 21.8 Å². The molecule has 0 aliphatic carbocycles. The number of amides is 1. The summed E-state index contributed by atoms with van der Waals surface area (Å²) in [6.45, 7) is 3.77. The normalized spacial score (nSPS) is 10.4. The van der Waals surface area contributed by atoms with Gasteiger partial charge in [0.15, 0.2) is 5.78 Å². The topological polar surface area (TPSA) is 72.0 Å². The first-order valence-corrected chi connectivity index (χ1v) is 8.18. The molecule has 1 aromatic heterocycles. The molecule has 0 aliphatic rings. The highest BCUT2D eigenvalue weighted by Gasteiger charge is 2.19. The average Bonchev–Trinajstić information content (AvgIpc) is 3.00. The molecule has 3 aromatic rings. The summed E-state index contributed by atoms with van der Waals surface area (Å²) in [6.07, 6.45) is 0. The highest BCUT2D eigenvalue weighted by atomic mass is 32.1. The molecule has 0 saturated heterocycles. The maximum Gasteiger partial charge on any atom is 0.258 e. The Hall–Kier alpha value is -2.86. The smallest absolute Gasteiger partial charge is 0.258 e. The Kier molecular flexibility index (Phi) is 4.48. The summed E-state index contributed by atoms with van der Waals surface area (Å²) in [5, 5.41) is 11.6. The number of ketones is 1. The largest absolute Gasteiger partial charge is 0.296 e. The summed E-state index contributed by atoms with van der Waals surface area (Å²) >= 11 is 1.28. The van der Waals surface area contributed by atoms with Gasteiger partial charge in [-0.2, -0.15) is 0 Å². The number of carbonyl (C=O) groups excluding carboxylic acids is 2. The van der Waals surface area contributed by atoms with Crippen molar-refractivity contribution < 1.29 is 9.59 Å². The van der Waals surface area contributed by atoms with Crippen LogP contribution in [0.2, 0.25) is 0 Å². The van der Waals surface area contributed by atoms with E-state index in [-0.39, 0.29) is 11.7 Å². The number of benzene rings is 2. The average molecular weight is 337 g/mol. The highest BCUT2D eigenvalue weighted by molar-refractivity contribution is 7.15. The zero-order chi connectivity index (χ0) is 17.1. The second kappa shape index (κ2) is 6.72. The molecule has 1 N–H and O–H groups in total. The number of hydrogen-bond acceptors (Lipinski definition) is 5. The van der Waals surface area contributed by atoms with Crippen LogP contribution in [-0.2, 0) is 0 Å². The van der Waals surface area contributed by atoms with Gasteiger partial charge in [0, 0.05) is 11.1 Å². The van der Waals surface area contributed by atoms with E-state index in [1.165, 1.54) is 11.3 Å². The lowest BCUT2D eigenvalue weighted by molar-refractivity contribution is 0.0996. The third-order valence-corrected chi connectivity index (χ3v) is 4.23. The van der Waals surface area contributed by atoms with Crippen LogP contribution in [-0.4, -0.2) is 21.9 Å². The molecule has 0 radical (unpaired) electrons. The van der Waals surface area contributed by atoms with Gasteiger partial charge in [0.2, 0.25) is 5.13 Å². The predicted octanol–water partition coefficient (Wildman–Crippen LogP) is 3.64. The minimum atomic E-state index is -0.373. The summed E-state index contributed by atoms with van der Waals surface area (Å²) in [5.41, 5.74) is 2.30. The van der Waals surface area contributed by atoms with Crippen molar-refractivity contribution >= 4 is 28.2 Å². The predicted molar refractivity (Wildman–Crippen MR) is 93.7 cm³/mol. The molecule has 1 heterocycles. The van der Waals surface area contributed by atoms with Gasteiger partial charge in [-0.25, -0.2) is 0 Å². The van der Waals surface area contributed by atoms with E-state index in [4.69, 9.17) is 0 Å². The van der Waals surface area contributed by atoms with Gasteiger partial charge in [-0.05, 0) is 19.9 Å². The number of hydrogen-bond donors (Lipinski definition) is 1. The molecule has 0 atom stereocenters. The van der Waals surface area contributed by atoms with Crippen LogP contribution in [0.25, 0.3) is 0 Å². The second-order valence-corrected chi connectivity index (χ2v) is 6.50. The number of aryl methyl sites for hydroxylation is 2. The lowest BCUT2D eigenvalue weighted by Gasteiger charge is -2.08. The van der Waals surface area contributed by atoms with Crippen molar-refractivity contribution in [2.45, 2.75) is 13.8 Å². The number of rotatable bonds is 4. The van der Waals surface area contributed by atoms with Crippen LogP contribution in [0, 0.1) is 13.8 Å². The quantitative estimate of drug-likeness (QED) is 0.738. The molecule has 1 amide bonds. The van der Waals surface area contributed by atoms with E-state index < -0.39 is 0 Å². The highest BCUT2D eigenvalue weighted by Crippen LogP contribution is 2.19. The van der Waals surface area contributed by atoms with Gasteiger partial charge in [0.05, 0.1) is 5.56 Å². The fourth-order valence-corrected chi connectivity index (χ4v) is 2.84. The maximum atomic E-state index is 12.7. The van der Waals surface area contributed by atoms with Crippen LogP contribution in [0.4, 0.5) is 5.13 Å². The van der Waals surface area contributed by atoms with Crippen molar-refractivity contribution in [3.05, 3.63) is 75.8 Å². The number of nitrogens with zero attached hydrogens (tertiary/aromatic N) is 2. The van der Waals surface area contributed by atoms with Gasteiger partial charge in [-0.3, -0.25) is 14.9 Å². The molecule has 0 spiro atoms. The second-order valence-electron chi connectivity index (χ2n) is 5.32. The first-order valence-electron chi connectivity index (χ1n) is 7.36. The molecular weight excluding hydrogens is 322 g/mol. The van der Waals surface area contributed by atoms with E-state index in [1.54, 1.807) is 36.4 Å². The van der Waals surface area contributed by atoms with E-state index in [1.807, 2.05) is 26.0 Å². The van der Waals surface area contributed by atoms with Crippen LogP contribution < -0.4 is 5.32 Å². The molecule has 0 bridgehead atoms. The summed E-state index contributed by atoms with van der Waals surface area (Å²) < 4.78 is 0. The van der Waals surface area contributed by atoms with E-state index in [0.717, 1.165) is 10.6 Å². The summed E-state index contributed by atoms with van der Waals surface area (Å²) in [6, 6.07) is 14.0. The molecule has 0 unspecified atom stereocenters. The maximum absolute atomic E-state index is 12.7. The van der Waals surface area contributed by atoms with Crippen molar-refractivity contribution in [1.82, 2.24) is 10.2 Å². The van der Waals surface area contributed by atoms with Gasteiger partial charge in [-0.1, -0.05) is 59.4 Å². The molecule has 0 saturated carbocycles. The Morgan fingerprint density at radius 3 is 2.21 bits per heavy atom. The third kappa shape index (κ3) is 3.38. The van der Waals surface area contributed by atoms with Crippen LogP contribution >= 0.6 is 11.3 Å². The SMILES string of the molecule is Cc1ccc(C(=O)c2ccccc2C(=O)Nc2nnc(C)s2)cc1. The van der Waals surface area contributed by atoms with Crippen molar-refractivity contribution in [2.24, 2.45) is 0 Å². The molecule has 5 nitrogen and oxygen atoms in total. The summed E-state index contributed by atoms with van der Waals surface area (Å²) in [5.74, 6) is -0.559. The van der Waals surface area contributed by atoms with Crippen LogP contribution in [0.15, 0.2) is 48.5 Å². The van der Waals surface area contributed by atoms with Gasteiger partial charge in [0.25, 0.3) is 5.91 Å². The van der Waals surface area contributed by atoms with Gasteiger partial charge >= 0.3 is 0 Å². The molecule has 3 rings (SSSR count). The molecule has 0 fully saturated rings. The summed E-state index contributed by atoms with van der Waals surface area (Å²) in [7, 11) is 0. The zero-order valence-corrected chi connectivity index (χ0v) is 14.1. The van der Waals surface area contributed by atoms with Gasteiger partial charge < -0.3 is 0 Å². The van der Waals surface area contributed by atoms with Gasteiger partial charge in [-0.15, -0.1) is 10.2 Å². The monoisotopic (exact) mass is 337 g/mol. The fourth-order valence-electron chi connectivity index (χ4n) is 2.25. The molecule has 6 heteroatoms. The fraction of sp³-hybridized carbons (Fsp3) is 0.111. The minimum Gasteiger partial charge on any atom is -0.296 e. The lowest BCUT2D eigenvalue weighted by atomic mass is 9.97. The Labute approximate surface area is 143 Å². The van der Waals surface area contributed by atoms with Gasteiger partial charge in [0.1, 0.15) is 5.01 Å². The minimum absolute atomic E-state index is 0.186. The molecular formula is C18H15N3O2S. The molecule has 120 valence electrons. The Morgan fingerprint density at radius 1 is 0.917 bits per heavy atom. The Bertz CT molecular complexity index is 901. The van der Waals surface area contributed by atoms with Crippen LogP contribution in [0.3, 0.4) is 0 Å². The van der Waals surface area contributed by atoms with Crippen molar-refractivity contribution in [1.29, 1.82) is 0 Å². The van der Waals surface area contributed by atoms with Crippen LogP contribution in [0.1, 0.15) is 36.9 Å². The number of anilines is 1. The Morgan fingerprint density at radius 2 is 1.58 bits per heavy atom. The zero-order valence-electron chi connectivity index (χ0n) is 13.2. The molecule has 2 aromatic carbocycles. The van der Waals surface area contributed by atoms with Crippen molar-refractivity contribution in [2.75, 3.05) is 5.32 Å². The number of carbonyl (C=O) groups is 2. The van der Waals surface area contributed by atoms with Crippen molar-refractivity contribution in [3.8, 4) is 0 Å². The van der Waals surface area contributed by atoms with Crippen LogP contribution in [0.5, 0.6) is 0 Å². The Balaban J connectivity index is 1.91. The van der Waals surface area contributed by atoms with E-state index in [9.17, 15) is 9.59 Å². The summed E-state index contributed by atoms with van der Waals surface area (Å²) in [4.78, 5) is 25.2. The van der Waals surface area contributed by atoms with E-state index >= 15 is 0 Å². The molecule has 0 aliphatic heterocycles. The molecule has 24 heavy (non-hydrogen) atoms. The number of nitrogens with one attached hydrogen (secondary N) is 1. The third-order valence-electron chi connectivity index (χ3n) is 3.48. The first kappa shape index (κ1) is 16.0. The number of aromatic nitrogens is 2.